The molecule has 0 amide bonds. The van der Waals surface area contributed by atoms with Crippen LogP contribution in [0, 0.1) is 0 Å². The van der Waals surface area contributed by atoms with Gasteiger partial charge < -0.3 is 4.42 Å². The van der Waals surface area contributed by atoms with E-state index in [2.05, 4.69) is 43.3 Å². The van der Waals surface area contributed by atoms with Crippen LogP contribution < -0.4 is 0 Å². The molecule has 2 aromatic rings. The minimum atomic E-state index is 0.409. The first-order valence-corrected chi connectivity index (χ1v) is 5.50. The summed E-state index contributed by atoms with van der Waals surface area (Å²) in [4.78, 5) is 0. The molecule has 0 bridgehead atoms. The van der Waals surface area contributed by atoms with Gasteiger partial charge in [-0.05, 0) is 24.1 Å². The highest BCUT2D eigenvalue weighted by molar-refractivity contribution is 5.26. The molecular formula is C14H16O. The van der Waals surface area contributed by atoms with Crippen molar-refractivity contribution < 1.29 is 4.42 Å². The second-order valence-corrected chi connectivity index (χ2v) is 3.77. The Kier molecular flexibility index (Phi) is 3.23. The largest absolute Gasteiger partial charge is 0.469 e. The summed E-state index contributed by atoms with van der Waals surface area (Å²) in [7, 11) is 0. The predicted octanol–water partition coefficient (Wildman–Crippen LogP) is 4.21. The standard InChI is InChI=1S/C14H16O/c1-2-7-13(14-10-6-11-15-14)12-8-4-3-5-9-12/h3-6,8-11,13H,2,7H2,1H3. The molecule has 1 aromatic heterocycles. The van der Waals surface area contributed by atoms with E-state index in [4.69, 9.17) is 4.42 Å². The first kappa shape index (κ1) is 10.0. The molecule has 15 heavy (non-hydrogen) atoms. The quantitative estimate of drug-likeness (QED) is 0.720. The van der Waals surface area contributed by atoms with Crippen molar-refractivity contribution in [3.05, 3.63) is 60.1 Å². The lowest BCUT2D eigenvalue weighted by Gasteiger charge is -2.13. The lowest BCUT2D eigenvalue weighted by atomic mass is 9.92. The highest BCUT2D eigenvalue weighted by Gasteiger charge is 2.14. The van der Waals surface area contributed by atoms with E-state index in [9.17, 15) is 0 Å². The predicted molar refractivity (Wildman–Crippen MR) is 61.9 cm³/mol. The lowest BCUT2D eigenvalue weighted by molar-refractivity contribution is 0.472. The third kappa shape index (κ3) is 2.30. The zero-order chi connectivity index (χ0) is 10.5. The van der Waals surface area contributed by atoms with Gasteiger partial charge in [0, 0.05) is 5.92 Å². The second kappa shape index (κ2) is 4.83. The summed E-state index contributed by atoms with van der Waals surface area (Å²) in [5.41, 5.74) is 1.34. The molecule has 1 unspecified atom stereocenters. The smallest absolute Gasteiger partial charge is 0.111 e. The van der Waals surface area contributed by atoms with E-state index in [-0.39, 0.29) is 0 Å². The van der Waals surface area contributed by atoms with Crippen LogP contribution in [0.25, 0.3) is 0 Å². The molecule has 0 aliphatic heterocycles. The summed E-state index contributed by atoms with van der Waals surface area (Å²) in [5, 5.41) is 0. The summed E-state index contributed by atoms with van der Waals surface area (Å²) >= 11 is 0. The molecule has 1 nitrogen and oxygen atoms in total. The maximum absolute atomic E-state index is 5.50. The number of furan rings is 1. The van der Waals surface area contributed by atoms with Gasteiger partial charge in [0.05, 0.1) is 6.26 Å². The van der Waals surface area contributed by atoms with Crippen molar-refractivity contribution in [3.63, 3.8) is 0 Å². The molecule has 0 saturated heterocycles. The second-order valence-electron chi connectivity index (χ2n) is 3.77. The van der Waals surface area contributed by atoms with Crippen LogP contribution in [0.3, 0.4) is 0 Å². The van der Waals surface area contributed by atoms with Crippen molar-refractivity contribution in [1.82, 2.24) is 0 Å². The topological polar surface area (TPSA) is 13.1 Å². The van der Waals surface area contributed by atoms with Crippen LogP contribution in [0.4, 0.5) is 0 Å². The van der Waals surface area contributed by atoms with Gasteiger partial charge in [0.2, 0.25) is 0 Å². The molecule has 0 N–H and O–H groups in total. The zero-order valence-electron chi connectivity index (χ0n) is 9.02. The van der Waals surface area contributed by atoms with Crippen molar-refractivity contribution in [2.24, 2.45) is 0 Å². The third-order valence-electron chi connectivity index (χ3n) is 2.67. The molecule has 1 heterocycles. The Labute approximate surface area is 90.7 Å². The summed E-state index contributed by atoms with van der Waals surface area (Å²) in [6.45, 7) is 2.21. The average molecular weight is 200 g/mol. The summed E-state index contributed by atoms with van der Waals surface area (Å²) < 4.78 is 5.50. The van der Waals surface area contributed by atoms with Crippen molar-refractivity contribution in [2.45, 2.75) is 25.7 Å². The average Bonchev–Trinajstić information content (AvgIpc) is 2.80. The molecular weight excluding hydrogens is 184 g/mol. The lowest BCUT2D eigenvalue weighted by Crippen LogP contribution is -1.98. The maximum Gasteiger partial charge on any atom is 0.111 e. The van der Waals surface area contributed by atoms with E-state index in [0.717, 1.165) is 12.2 Å². The van der Waals surface area contributed by atoms with Gasteiger partial charge in [0.15, 0.2) is 0 Å². The van der Waals surface area contributed by atoms with Gasteiger partial charge in [-0.1, -0.05) is 43.7 Å². The number of benzene rings is 1. The fraction of sp³-hybridized carbons (Fsp3) is 0.286. The summed E-state index contributed by atoms with van der Waals surface area (Å²) in [6.07, 6.45) is 4.05. The monoisotopic (exact) mass is 200 g/mol. The Morgan fingerprint density at radius 3 is 2.47 bits per heavy atom. The van der Waals surface area contributed by atoms with Gasteiger partial charge in [-0.2, -0.15) is 0 Å². The molecule has 0 fully saturated rings. The Morgan fingerprint density at radius 2 is 1.87 bits per heavy atom. The minimum Gasteiger partial charge on any atom is -0.469 e. The van der Waals surface area contributed by atoms with Gasteiger partial charge in [0.25, 0.3) is 0 Å². The molecule has 0 aliphatic carbocycles. The fourth-order valence-electron chi connectivity index (χ4n) is 1.94. The Morgan fingerprint density at radius 1 is 1.07 bits per heavy atom. The molecule has 0 aliphatic rings. The van der Waals surface area contributed by atoms with Crippen LogP contribution in [0.1, 0.15) is 37.0 Å². The first-order chi connectivity index (χ1) is 7.42. The Balaban J connectivity index is 2.28. The minimum absolute atomic E-state index is 0.409. The van der Waals surface area contributed by atoms with Gasteiger partial charge in [0.1, 0.15) is 5.76 Å². The van der Waals surface area contributed by atoms with E-state index in [1.807, 2.05) is 6.07 Å². The first-order valence-electron chi connectivity index (χ1n) is 5.50. The Bertz CT molecular complexity index is 375. The van der Waals surface area contributed by atoms with E-state index in [0.29, 0.717) is 5.92 Å². The van der Waals surface area contributed by atoms with Crippen LogP contribution in [0.15, 0.2) is 53.1 Å². The molecule has 0 radical (unpaired) electrons. The molecule has 0 spiro atoms. The molecule has 2 rings (SSSR count). The molecule has 1 heteroatoms. The van der Waals surface area contributed by atoms with Crippen molar-refractivity contribution in [2.75, 3.05) is 0 Å². The molecule has 1 aromatic carbocycles. The van der Waals surface area contributed by atoms with Crippen molar-refractivity contribution in [1.29, 1.82) is 0 Å². The van der Waals surface area contributed by atoms with Gasteiger partial charge >= 0.3 is 0 Å². The fourth-order valence-corrected chi connectivity index (χ4v) is 1.94. The molecule has 0 saturated carbocycles. The van der Waals surface area contributed by atoms with Gasteiger partial charge in [-0.25, -0.2) is 0 Å². The normalized spacial score (nSPS) is 12.6. The number of hydrogen-bond acceptors (Lipinski definition) is 1. The molecule has 1 atom stereocenters. The highest BCUT2D eigenvalue weighted by atomic mass is 16.3. The maximum atomic E-state index is 5.50. The van der Waals surface area contributed by atoms with Crippen LogP contribution in [0.5, 0.6) is 0 Å². The Hall–Kier alpha value is -1.50. The van der Waals surface area contributed by atoms with E-state index >= 15 is 0 Å². The molecule has 78 valence electrons. The van der Waals surface area contributed by atoms with Gasteiger partial charge in [-0.15, -0.1) is 0 Å². The number of hydrogen-bond donors (Lipinski definition) is 0. The highest BCUT2D eigenvalue weighted by Crippen LogP contribution is 2.29. The zero-order valence-corrected chi connectivity index (χ0v) is 9.02. The third-order valence-corrected chi connectivity index (χ3v) is 2.67. The van der Waals surface area contributed by atoms with E-state index in [1.54, 1.807) is 6.26 Å². The number of rotatable bonds is 4. The summed E-state index contributed by atoms with van der Waals surface area (Å²) in [5.74, 6) is 1.48. The summed E-state index contributed by atoms with van der Waals surface area (Å²) in [6, 6.07) is 14.6. The van der Waals surface area contributed by atoms with Crippen molar-refractivity contribution >= 4 is 0 Å². The SMILES string of the molecule is CCCC(c1ccccc1)c1ccco1. The van der Waals surface area contributed by atoms with Crippen molar-refractivity contribution in [3.8, 4) is 0 Å². The van der Waals surface area contributed by atoms with Crippen LogP contribution in [-0.4, -0.2) is 0 Å². The van der Waals surface area contributed by atoms with Crippen LogP contribution >= 0.6 is 0 Å². The van der Waals surface area contributed by atoms with Crippen LogP contribution in [-0.2, 0) is 0 Å². The van der Waals surface area contributed by atoms with Crippen LogP contribution in [0.2, 0.25) is 0 Å². The van der Waals surface area contributed by atoms with E-state index in [1.165, 1.54) is 12.0 Å². The van der Waals surface area contributed by atoms with Gasteiger partial charge in [-0.3, -0.25) is 0 Å². The van der Waals surface area contributed by atoms with E-state index < -0.39 is 0 Å².